The van der Waals surface area contributed by atoms with Crippen molar-refractivity contribution in [2.45, 2.75) is 13.8 Å². The maximum atomic E-state index is 4.95. The molecular formula is C26H20N2. The van der Waals surface area contributed by atoms with Gasteiger partial charge in [-0.25, -0.2) is 9.97 Å². The summed E-state index contributed by atoms with van der Waals surface area (Å²) in [6.45, 7) is 4.31. The largest absolute Gasteiger partial charge is 0.248 e. The Bertz CT molecular complexity index is 1210. The van der Waals surface area contributed by atoms with E-state index in [-0.39, 0.29) is 0 Å². The SMILES string of the molecule is Cc1cc(-c2ccccc2)nc2cc3nc(-c4ccccc4)cc(C)c3cc12. The van der Waals surface area contributed by atoms with E-state index < -0.39 is 0 Å². The van der Waals surface area contributed by atoms with Crippen LogP contribution in [0.1, 0.15) is 11.1 Å². The molecule has 0 N–H and O–H groups in total. The molecule has 2 heterocycles. The molecule has 0 saturated carbocycles. The van der Waals surface area contributed by atoms with Crippen molar-refractivity contribution in [2.24, 2.45) is 0 Å². The van der Waals surface area contributed by atoms with Crippen molar-refractivity contribution in [2.75, 3.05) is 0 Å². The van der Waals surface area contributed by atoms with Crippen LogP contribution in [0.3, 0.4) is 0 Å². The van der Waals surface area contributed by atoms with E-state index in [4.69, 9.17) is 9.97 Å². The van der Waals surface area contributed by atoms with E-state index in [2.05, 4.69) is 62.4 Å². The molecule has 28 heavy (non-hydrogen) atoms. The van der Waals surface area contributed by atoms with Crippen LogP contribution in [0.2, 0.25) is 0 Å². The molecule has 0 fully saturated rings. The van der Waals surface area contributed by atoms with E-state index in [0.29, 0.717) is 0 Å². The lowest BCUT2D eigenvalue weighted by molar-refractivity contribution is 1.34. The van der Waals surface area contributed by atoms with Gasteiger partial charge in [-0.3, -0.25) is 0 Å². The highest BCUT2D eigenvalue weighted by Gasteiger charge is 2.10. The van der Waals surface area contributed by atoms with Gasteiger partial charge in [-0.2, -0.15) is 0 Å². The van der Waals surface area contributed by atoms with Crippen LogP contribution in [0.15, 0.2) is 84.9 Å². The van der Waals surface area contributed by atoms with E-state index in [0.717, 1.165) is 33.5 Å². The zero-order valence-electron chi connectivity index (χ0n) is 16.0. The molecule has 2 nitrogen and oxygen atoms in total. The van der Waals surface area contributed by atoms with Gasteiger partial charge in [0, 0.05) is 21.9 Å². The predicted octanol–water partition coefficient (Wildman–Crippen LogP) is 6.73. The first kappa shape index (κ1) is 16.6. The second-order valence-corrected chi connectivity index (χ2v) is 7.27. The molecule has 0 amide bonds. The number of nitrogens with zero attached hydrogens (tertiary/aromatic N) is 2. The summed E-state index contributed by atoms with van der Waals surface area (Å²) < 4.78 is 0. The maximum absolute atomic E-state index is 4.95. The molecule has 0 radical (unpaired) electrons. The van der Waals surface area contributed by atoms with Crippen LogP contribution in [-0.2, 0) is 0 Å². The number of hydrogen-bond acceptors (Lipinski definition) is 2. The molecule has 0 aliphatic rings. The van der Waals surface area contributed by atoms with Gasteiger partial charge in [0.05, 0.1) is 22.4 Å². The fraction of sp³-hybridized carbons (Fsp3) is 0.0769. The summed E-state index contributed by atoms with van der Waals surface area (Å²) >= 11 is 0. The second kappa shape index (κ2) is 6.58. The Balaban J connectivity index is 1.75. The number of hydrogen-bond donors (Lipinski definition) is 0. The molecule has 0 saturated heterocycles. The summed E-state index contributed by atoms with van der Waals surface area (Å²) in [4.78, 5) is 9.90. The molecule has 0 aliphatic heterocycles. The number of aromatic nitrogens is 2. The fourth-order valence-corrected chi connectivity index (χ4v) is 3.80. The summed E-state index contributed by atoms with van der Waals surface area (Å²) in [5.74, 6) is 0. The molecule has 5 aromatic rings. The molecular weight excluding hydrogens is 340 g/mol. The Morgan fingerprint density at radius 3 is 1.36 bits per heavy atom. The normalized spacial score (nSPS) is 11.2. The van der Waals surface area contributed by atoms with Crippen molar-refractivity contribution in [3.63, 3.8) is 0 Å². The predicted molar refractivity (Wildman–Crippen MR) is 117 cm³/mol. The summed E-state index contributed by atoms with van der Waals surface area (Å²) in [5.41, 5.74) is 8.72. The zero-order valence-corrected chi connectivity index (χ0v) is 16.0. The van der Waals surface area contributed by atoms with Crippen LogP contribution >= 0.6 is 0 Å². The number of pyridine rings is 2. The average Bonchev–Trinajstić information content (AvgIpc) is 2.74. The Labute approximate surface area is 164 Å². The Morgan fingerprint density at radius 2 is 0.929 bits per heavy atom. The van der Waals surface area contributed by atoms with Gasteiger partial charge < -0.3 is 0 Å². The van der Waals surface area contributed by atoms with E-state index >= 15 is 0 Å². The first-order valence-corrected chi connectivity index (χ1v) is 9.53. The third kappa shape index (κ3) is 2.84. The average molecular weight is 360 g/mol. The first-order valence-electron chi connectivity index (χ1n) is 9.53. The van der Waals surface area contributed by atoms with Crippen LogP contribution in [0.25, 0.3) is 44.3 Å². The third-order valence-corrected chi connectivity index (χ3v) is 5.29. The van der Waals surface area contributed by atoms with Crippen molar-refractivity contribution in [3.05, 3.63) is 96.1 Å². The molecule has 5 rings (SSSR count). The Kier molecular flexibility index (Phi) is 3.91. The van der Waals surface area contributed by atoms with Crippen LogP contribution in [-0.4, -0.2) is 9.97 Å². The molecule has 2 heteroatoms. The molecule has 134 valence electrons. The van der Waals surface area contributed by atoms with Gasteiger partial charge in [0.15, 0.2) is 0 Å². The number of fused-ring (bicyclic) bond motifs is 2. The van der Waals surface area contributed by atoms with Crippen molar-refractivity contribution in [3.8, 4) is 22.5 Å². The summed E-state index contributed by atoms with van der Waals surface area (Å²) in [7, 11) is 0. The highest BCUT2D eigenvalue weighted by Crippen LogP contribution is 2.30. The minimum atomic E-state index is 0.989. The lowest BCUT2D eigenvalue weighted by Gasteiger charge is -2.11. The standard InChI is InChI=1S/C26H20N2/c1-17-13-23(19-9-5-3-6-10-19)27-25-16-26-22(15-21(17)25)18(2)14-24(28-26)20-11-7-4-8-12-20/h3-16H,1-2H3. The van der Waals surface area contributed by atoms with Gasteiger partial charge >= 0.3 is 0 Å². The quantitative estimate of drug-likeness (QED) is 0.326. The van der Waals surface area contributed by atoms with Crippen LogP contribution in [0.5, 0.6) is 0 Å². The lowest BCUT2D eigenvalue weighted by atomic mass is 10.00. The van der Waals surface area contributed by atoms with Crippen LogP contribution in [0.4, 0.5) is 0 Å². The maximum Gasteiger partial charge on any atom is 0.0734 e. The van der Waals surface area contributed by atoms with Crippen molar-refractivity contribution in [1.29, 1.82) is 0 Å². The van der Waals surface area contributed by atoms with Crippen LogP contribution < -0.4 is 0 Å². The molecule has 0 atom stereocenters. The number of aryl methyl sites for hydroxylation is 2. The van der Waals surface area contributed by atoms with E-state index in [1.807, 2.05) is 36.4 Å². The smallest absolute Gasteiger partial charge is 0.0734 e. The van der Waals surface area contributed by atoms with Gasteiger partial charge in [0.2, 0.25) is 0 Å². The second-order valence-electron chi connectivity index (χ2n) is 7.27. The van der Waals surface area contributed by atoms with Gasteiger partial charge in [-0.15, -0.1) is 0 Å². The lowest BCUT2D eigenvalue weighted by Crippen LogP contribution is -1.93. The topological polar surface area (TPSA) is 25.8 Å². The van der Waals surface area contributed by atoms with Crippen molar-refractivity contribution < 1.29 is 0 Å². The minimum absolute atomic E-state index is 0.989. The monoisotopic (exact) mass is 360 g/mol. The molecule has 2 aromatic heterocycles. The molecule has 0 spiro atoms. The third-order valence-electron chi connectivity index (χ3n) is 5.29. The Morgan fingerprint density at radius 1 is 0.500 bits per heavy atom. The van der Waals surface area contributed by atoms with Gasteiger partial charge in [-0.1, -0.05) is 60.7 Å². The minimum Gasteiger partial charge on any atom is -0.248 e. The van der Waals surface area contributed by atoms with Gasteiger partial charge in [-0.05, 0) is 49.2 Å². The van der Waals surface area contributed by atoms with Crippen LogP contribution in [0, 0.1) is 13.8 Å². The summed E-state index contributed by atoms with van der Waals surface area (Å²) in [6, 6.07) is 29.4. The Hall–Kier alpha value is -3.52. The van der Waals surface area contributed by atoms with E-state index in [1.54, 1.807) is 0 Å². The first-order chi connectivity index (χ1) is 13.7. The zero-order chi connectivity index (χ0) is 19.1. The summed E-state index contributed by atoms with van der Waals surface area (Å²) in [6.07, 6.45) is 0. The molecule has 0 bridgehead atoms. The van der Waals surface area contributed by atoms with Crippen molar-refractivity contribution >= 4 is 21.8 Å². The van der Waals surface area contributed by atoms with E-state index in [9.17, 15) is 0 Å². The van der Waals surface area contributed by atoms with Crippen molar-refractivity contribution in [1.82, 2.24) is 9.97 Å². The number of rotatable bonds is 2. The summed E-state index contributed by atoms with van der Waals surface area (Å²) in [5, 5.41) is 2.37. The highest BCUT2D eigenvalue weighted by molar-refractivity contribution is 5.99. The fourth-order valence-electron chi connectivity index (χ4n) is 3.80. The molecule has 3 aromatic carbocycles. The molecule has 0 aliphatic carbocycles. The van der Waals surface area contributed by atoms with Gasteiger partial charge in [0.1, 0.15) is 0 Å². The molecule has 0 unspecified atom stereocenters. The highest BCUT2D eigenvalue weighted by atomic mass is 14.7. The number of benzene rings is 3. The van der Waals surface area contributed by atoms with E-state index in [1.165, 1.54) is 21.9 Å². The van der Waals surface area contributed by atoms with Gasteiger partial charge in [0.25, 0.3) is 0 Å².